The molecule has 2 N–H and O–H groups in total. The molecular weight excluding hydrogens is 320 g/mol. The molecule has 0 aliphatic carbocycles. The lowest BCUT2D eigenvalue weighted by molar-refractivity contribution is -0.130. The summed E-state index contributed by atoms with van der Waals surface area (Å²) < 4.78 is 4.91. The van der Waals surface area contributed by atoms with Crippen molar-refractivity contribution in [2.75, 3.05) is 31.6 Å². The third kappa shape index (κ3) is 4.92. The van der Waals surface area contributed by atoms with Crippen LogP contribution < -0.4 is 10.6 Å². The molecule has 0 atom stereocenters. The Morgan fingerprint density at radius 2 is 2.30 bits per heavy atom. The molecule has 1 aliphatic heterocycles. The summed E-state index contributed by atoms with van der Waals surface area (Å²) in [5.41, 5.74) is 0.153. The van der Waals surface area contributed by atoms with Crippen LogP contribution in [0.2, 0.25) is 0 Å². The Morgan fingerprint density at radius 3 is 2.96 bits per heavy atom. The van der Waals surface area contributed by atoms with Gasteiger partial charge in [0, 0.05) is 25.0 Å². The van der Waals surface area contributed by atoms with E-state index in [1.54, 1.807) is 5.38 Å². The summed E-state index contributed by atoms with van der Waals surface area (Å²) in [5.74, 6) is -0.634. The van der Waals surface area contributed by atoms with Gasteiger partial charge in [0.05, 0.1) is 0 Å². The number of nitrogens with zero attached hydrogens (tertiary/aromatic N) is 2. The van der Waals surface area contributed by atoms with E-state index < -0.39 is 24.5 Å². The number of esters is 1. The van der Waals surface area contributed by atoms with E-state index in [1.165, 1.54) is 11.3 Å². The Morgan fingerprint density at radius 1 is 1.52 bits per heavy atom. The van der Waals surface area contributed by atoms with E-state index in [0.717, 1.165) is 17.9 Å². The summed E-state index contributed by atoms with van der Waals surface area (Å²) in [5, 5.41) is 7.86. The molecule has 126 valence electrons. The van der Waals surface area contributed by atoms with Gasteiger partial charge in [-0.05, 0) is 12.3 Å². The van der Waals surface area contributed by atoms with Gasteiger partial charge in [-0.25, -0.2) is 14.6 Å². The van der Waals surface area contributed by atoms with Crippen LogP contribution in [0.5, 0.6) is 0 Å². The number of rotatable bonds is 7. The molecule has 0 radical (unpaired) electrons. The Balaban J connectivity index is 1.78. The fourth-order valence-corrected chi connectivity index (χ4v) is 2.61. The molecule has 0 spiro atoms. The topological polar surface area (TPSA) is 101 Å². The molecule has 8 nitrogen and oxygen atoms in total. The summed E-state index contributed by atoms with van der Waals surface area (Å²) in [6.45, 7) is 5.27. The normalized spacial score (nSPS) is 14.0. The number of anilines is 1. The van der Waals surface area contributed by atoms with Crippen LogP contribution in [-0.4, -0.2) is 54.0 Å². The Labute approximate surface area is 138 Å². The zero-order valence-corrected chi connectivity index (χ0v) is 13.9. The van der Waals surface area contributed by atoms with E-state index in [9.17, 15) is 14.4 Å². The van der Waals surface area contributed by atoms with Crippen LogP contribution in [-0.2, 0) is 9.53 Å². The fraction of sp³-hybridized carbons (Fsp3) is 0.571. The first-order valence-electron chi connectivity index (χ1n) is 7.42. The number of hydrogen-bond donors (Lipinski definition) is 2. The predicted octanol–water partition coefficient (Wildman–Crippen LogP) is 1.31. The first kappa shape index (κ1) is 17.2. The number of ether oxygens (including phenoxy) is 1. The van der Waals surface area contributed by atoms with E-state index in [0.29, 0.717) is 17.6 Å². The smallest absolute Gasteiger partial charge is 0.358 e. The van der Waals surface area contributed by atoms with Crippen LogP contribution in [0.1, 0.15) is 30.8 Å². The largest absolute Gasteiger partial charge is 0.451 e. The second-order valence-electron chi connectivity index (χ2n) is 5.50. The van der Waals surface area contributed by atoms with Crippen molar-refractivity contribution in [3.63, 3.8) is 0 Å². The first-order valence-corrected chi connectivity index (χ1v) is 8.30. The average molecular weight is 340 g/mol. The van der Waals surface area contributed by atoms with Crippen LogP contribution in [0.4, 0.5) is 9.93 Å². The maximum absolute atomic E-state index is 11.9. The van der Waals surface area contributed by atoms with Crippen molar-refractivity contribution in [2.45, 2.75) is 20.3 Å². The van der Waals surface area contributed by atoms with Crippen LogP contribution in [0, 0.1) is 5.92 Å². The van der Waals surface area contributed by atoms with Gasteiger partial charge in [-0.2, -0.15) is 0 Å². The molecule has 0 unspecified atom stereocenters. The van der Waals surface area contributed by atoms with Crippen molar-refractivity contribution in [3.8, 4) is 0 Å². The summed E-state index contributed by atoms with van der Waals surface area (Å²) in [7, 11) is 0. The van der Waals surface area contributed by atoms with Crippen molar-refractivity contribution in [1.29, 1.82) is 0 Å². The van der Waals surface area contributed by atoms with Gasteiger partial charge in [-0.3, -0.25) is 9.69 Å². The van der Waals surface area contributed by atoms with E-state index in [2.05, 4.69) is 29.5 Å². The number of nitrogens with one attached hydrogen (secondary N) is 2. The lowest BCUT2D eigenvalue weighted by Gasteiger charge is -2.11. The molecule has 2 heterocycles. The van der Waals surface area contributed by atoms with Crippen LogP contribution in [0.15, 0.2) is 5.38 Å². The van der Waals surface area contributed by atoms with E-state index >= 15 is 0 Å². The summed E-state index contributed by atoms with van der Waals surface area (Å²) in [6.07, 6.45) is 1.01. The molecule has 1 aromatic rings. The van der Waals surface area contributed by atoms with Gasteiger partial charge in [-0.1, -0.05) is 13.8 Å². The molecule has 1 fully saturated rings. The van der Waals surface area contributed by atoms with E-state index in [-0.39, 0.29) is 12.2 Å². The molecule has 2 rings (SSSR count). The minimum atomic E-state index is -0.675. The number of urea groups is 1. The Hall–Kier alpha value is -2.16. The minimum absolute atomic E-state index is 0.153. The minimum Gasteiger partial charge on any atom is -0.451 e. The number of imide groups is 1. The number of thiazole rings is 1. The molecule has 3 amide bonds. The molecule has 1 aliphatic rings. The maximum atomic E-state index is 11.9. The predicted molar refractivity (Wildman–Crippen MR) is 85.5 cm³/mol. The van der Waals surface area contributed by atoms with Gasteiger partial charge < -0.3 is 15.4 Å². The second-order valence-corrected chi connectivity index (χ2v) is 6.36. The number of hydrogen-bond acceptors (Lipinski definition) is 7. The van der Waals surface area contributed by atoms with Crippen molar-refractivity contribution < 1.29 is 19.1 Å². The van der Waals surface area contributed by atoms with Gasteiger partial charge in [-0.15, -0.1) is 11.3 Å². The van der Waals surface area contributed by atoms with Gasteiger partial charge in [0.1, 0.15) is 0 Å². The summed E-state index contributed by atoms with van der Waals surface area (Å²) >= 11 is 1.31. The molecule has 9 heteroatoms. The highest BCUT2D eigenvalue weighted by atomic mass is 32.1. The molecule has 23 heavy (non-hydrogen) atoms. The molecular formula is C14H20N4O4S. The number of carbonyl (C=O) groups is 3. The quantitative estimate of drug-likeness (QED) is 0.726. The standard InChI is InChI=1S/C14H20N4O4S/c1-9(2)3-4-15-13-17-10(8-23-13)12(20)22-7-11(19)18-6-5-16-14(18)21/h8-9H,3-7H2,1-2H3,(H,15,17)(H,16,21). The average Bonchev–Trinajstić information content (AvgIpc) is 3.13. The molecule has 0 bridgehead atoms. The molecule has 1 aromatic heterocycles. The Kier molecular flexibility index (Phi) is 5.91. The zero-order chi connectivity index (χ0) is 16.8. The van der Waals surface area contributed by atoms with Crippen LogP contribution >= 0.6 is 11.3 Å². The van der Waals surface area contributed by atoms with E-state index in [4.69, 9.17) is 4.74 Å². The second kappa shape index (κ2) is 7.91. The summed E-state index contributed by atoms with van der Waals surface area (Å²) in [6, 6.07) is -0.462. The van der Waals surface area contributed by atoms with Gasteiger partial charge in [0.2, 0.25) is 0 Å². The molecule has 1 saturated heterocycles. The zero-order valence-electron chi connectivity index (χ0n) is 13.1. The number of carbonyl (C=O) groups excluding carboxylic acids is 3. The van der Waals surface area contributed by atoms with Crippen molar-refractivity contribution in [1.82, 2.24) is 15.2 Å². The van der Waals surface area contributed by atoms with Gasteiger partial charge >= 0.3 is 12.0 Å². The molecule has 0 saturated carbocycles. The maximum Gasteiger partial charge on any atom is 0.358 e. The third-order valence-corrected chi connectivity index (χ3v) is 4.00. The number of amides is 3. The van der Waals surface area contributed by atoms with E-state index in [1.807, 2.05) is 0 Å². The fourth-order valence-electron chi connectivity index (χ4n) is 1.91. The highest BCUT2D eigenvalue weighted by Crippen LogP contribution is 2.16. The summed E-state index contributed by atoms with van der Waals surface area (Å²) in [4.78, 5) is 40.1. The Bertz CT molecular complexity index is 587. The molecule has 0 aromatic carbocycles. The van der Waals surface area contributed by atoms with Gasteiger partial charge in [0.25, 0.3) is 5.91 Å². The monoisotopic (exact) mass is 340 g/mol. The van der Waals surface area contributed by atoms with Crippen LogP contribution in [0.25, 0.3) is 0 Å². The number of aromatic nitrogens is 1. The van der Waals surface area contributed by atoms with Crippen molar-refractivity contribution in [3.05, 3.63) is 11.1 Å². The lowest BCUT2D eigenvalue weighted by Crippen LogP contribution is -2.37. The first-order chi connectivity index (χ1) is 11.0. The van der Waals surface area contributed by atoms with Gasteiger partial charge in [0.15, 0.2) is 17.4 Å². The van der Waals surface area contributed by atoms with Crippen molar-refractivity contribution in [2.24, 2.45) is 5.92 Å². The third-order valence-electron chi connectivity index (χ3n) is 3.20. The highest BCUT2D eigenvalue weighted by molar-refractivity contribution is 7.13. The highest BCUT2D eigenvalue weighted by Gasteiger charge is 2.27. The van der Waals surface area contributed by atoms with Crippen LogP contribution in [0.3, 0.4) is 0 Å². The lowest BCUT2D eigenvalue weighted by atomic mass is 10.1. The van der Waals surface area contributed by atoms with Crippen molar-refractivity contribution >= 4 is 34.4 Å². The SMILES string of the molecule is CC(C)CCNc1nc(C(=O)OCC(=O)N2CCNC2=O)cs1.